The Kier molecular flexibility index (Phi) is 9.41. The van der Waals surface area contributed by atoms with Crippen molar-refractivity contribution in [1.29, 1.82) is 0 Å². The predicted molar refractivity (Wildman–Crippen MR) is 122 cm³/mol. The van der Waals surface area contributed by atoms with Gasteiger partial charge in [-0.15, -0.1) is 11.8 Å². The molecule has 0 heterocycles. The molecule has 30 heavy (non-hydrogen) atoms. The van der Waals surface area contributed by atoms with Crippen LogP contribution in [-0.4, -0.2) is 35.9 Å². The molecule has 2 N–H and O–H groups in total. The number of carbonyl (C=O) groups excluding carboxylic acids is 3. The molecule has 0 aliphatic heterocycles. The summed E-state index contributed by atoms with van der Waals surface area (Å²) >= 11 is 1.25. The van der Waals surface area contributed by atoms with Gasteiger partial charge < -0.3 is 15.4 Å². The maximum absolute atomic E-state index is 12.3. The van der Waals surface area contributed by atoms with Gasteiger partial charge in [-0.05, 0) is 55.2 Å². The lowest BCUT2D eigenvalue weighted by Gasteiger charge is -2.14. The minimum absolute atomic E-state index is 0.123. The fraction of sp³-hybridized carbons (Fsp3) is 0.348. The number of anilines is 2. The number of hydrogen-bond acceptors (Lipinski definition) is 5. The van der Waals surface area contributed by atoms with Crippen molar-refractivity contribution in [3.05, 3.63) is 59.2 Å². The van der Waals surface area contributed by atoms with Crippen LogP contribution in [0.2, 0.25) is 0 Å². The molecule has 0 fully saturated rings. The molecular formula is C23H28N2O4S. The number of nitrogens with one attached hydrogen (secondary N) is 2. The number of hydrogen-bond donors (Lipinski definition) is 2. The van der Waals surface area contributed by atoms with Crippen molar-refractivity contribution in [2.24, 2.45) is 0 Å². The zero-order chi connectivity index (χ0) is 21.9. The van der Waals surface area contributed by atoms with Crippen LogP contribution in [0.25, 0.3) is 0 Å². The highest BCUT2D eigenvalue weighted by molar-refractivity contribution is 8.00. The molecular weight excluding hydrogens is 400 g/mol. The fourth-order valence-electron chi connectivity index (χ4n) is 2.92. The Labute approximate surface area is 181 Å². The third-order valence-corrected chi connectivity index (χ3v) is 5.34. The average molecular weight is 429 g/mol. The summed E-state index contributed by atoms with van der Waals surface area (Å²) in [4.78, 5) is 36.1. The molecule has 0 aliphatic carbocycles. The second-order valence-corrected chi connectivity index (χ2v) is 7.53. The topological polar surface area (TPSA) is 84.5 Å². The summed E-state index contributed by atoms with van der Waals surface area (Å²) in [6, 6.07) is 12.5. The lowest BCUT2D eigenvalue weighted by molar-refractivity contribution is -0.114. The number of rotatable bonds is 10. The molecule has 0 atom stereocenters. The van der Waals surface area contributed by atoms with Gasteiger partial charge in [0.25, 0.3) is 0 Å². The first-order chi connectivity index (χ1) is 14.5. The molecule has 0 saturated heterocycles. The molecule has 0 unspecified atom stereocenters. The van der Waals surface area contributed by atoms with Gasteiger partial charge in [-0.2, -0.15) is 0 Å². The molecule has 2 rings (SSSR count). The summed E-state index contributed by atoms with van der Waals surface area (Å²) in [6.07, 6.45) is 1.68. The zero-order valence-electron chi connectivity index (χ0n) is 17.6. The minimum Gasteiger partial charge on any atom is -0.462 e. The molecule has 2 aromatic carbocycles. The van der Waals surface area contributed by atoms with E-state index in [1.54, 1.807) is 31.2 Å². The normalized spacial score (nSPS) is 10.4. The Bertz CT molecular complexity index is 859. The van der Waals surface area contributed by atoms with Gasteiger partial charge in [0, 0.05) is 11.4 Å². The van der Waals surface area contributed by atoms with Crippen LogP contribution in [-0.2, 0) is 27.2 Å². The second-order valence-electron chi connectivity index (χ2n) is 6.55. The second kappa shape index (κ2) is 12.0. The van der Waals surface area contributed by atoms with Crippen molar-refractivity contribution in [3.63, 3.8) is 0 Å². The molecule has 7 heteroatoms. The Hall–Kier alpha value is -2.80. The van der Waals surface area contributed by atoms with E-state index in [4.69, 9.17) is 4.74 Å². The first-order valence-electron chi connectivity index (χ1n) is 10.0. The molecule has 0 radical (unpaired) electrons. The minimum atomic E-state index is -0.396. The van der Waals surface area contributed by atoms with Crippen LogP contribution in [0, 0.1) is 0 Å². The highest BCUT2D eigenvalue weighted by Gasteiger charge is 2.12. The Morgan fingerprint density at radius 2 is 1.40 bits per heavy atom. The van der Waals surface area contributed by atoms with Crippen LogP contribution in [0.4, 0.5) is 11.4 Å². The standard InChI is InChI=1S/C23H28N2O4S/c1-4-16-8-7-9-17(5-2)22(16)25-21(27)15-30-14-20(26)24-19-12-10-18(11-13-19)23(28)29-6-3/h7-13H,4-6,14-15H2,1-3H3,(H,24,26)(H,25,27). The molecule has 0 spiro atoms. The van der Waals surface area contributed by atoms with Gasteiger partial charge in [0.15, 0.2) is 0 Å². The lowest BCUT2D eigenvalue weighted by atomic mass is 10.0. The van der Waals surface area contributed by atoms with Crippen molar-refractivity contribution in [2.45, 2.75) is 33.6 Å². The van der Waals surface area contributed by atoms with E-state index >= 15 is 0 Å². The Morgan fingerprint density at radius 3 is 1.93 bits per heavy atom. The summed E-state index contributed by atoms with van der Waals surface area (Å²) in [5.74, 6) is -0.380. The molecule has 2 aromatic rings. The summed E-state index contributed by atoms with van der Waals surface area (Å²) in [7, 11) is 0. The predicted octanol–water partition coefficient (Wildman–Crippen LogP) is 4.30. The van der Waals surface area contributed by atoms with Crippen LogP contribution in [0.3, 0.4) is 0 Å². The molecule has 2 amide bonds. The number of aryl methyl sites for hydroxylation is 2. The molecule has 0 bridgehead atoms. The highest BCUT2D eigenvalue weighted by Crippen LogP contribution is 2.23. The van der Waals surface area contributed by atoms with Crippen LogP contribution < -0.4 is 10.6 Å². The SMILES string of the molecule is CCOC(=O)c1ccc(NC(=O)CSCC(=O)Nc2c(CC)cccc2CC)cc1. The molecule has 160 valence electrons. The van der Waals surface area contributed by atoms with Gasteiger partial charge >= 0.3 is 5.97 Å². The van der Waals surface area contributed by atoms with E-state index in [1.165, 1.54) is 11.8 Å². The largest absolute Gasteiger partial charge is 0.462 e. The number of carbonyl (C=O) groups is 3. The average Bonchev–Trinajstić information content (AvgIpc) is 2.74. The van der Waals surface area contributed by atoms with E-state index < -0.39 is 5.97 Å². The first kappa shape index (κ1) is 23.5. The van der Waals surface area contributed by atoms with Crippen LogP contribution in [0.15, 0.2) is 42.5 Å². The van der Waals surface area contributed by atoms with Crippen LogP contribution in [0.1, 0.15) is 42.3 Å². The van der Waals surface area contributed by atoms with Crippen molar-refractivity contribution < 1.29 is 19.1 Å². The van der Waals surface area contributed by atoms with Gasteiger partial charge in [0.1, 0.15) is 0 Å². The van der Waals surface area contributed by atoms with Crippen molar-refractivity contribution >= 4 is 40.9 Å². The van der Waals surface area contributed by atoms with Gasteiger partial charge in [0.05, 0.1) is 23.7 Å². The summed E-state index contributed by atoms with van der Waals surface area (Å²) in [5.41, 5.74) is 4.12. The maximum atomic E-state index is 12.3. The first-order valence-corrected chi connectivity index (χ1v) is 11.2. The molecule has 6 nitrogen and oxygen atoms in total. The smallest absolute Gasteiger partial charge is 0.338 e. The number of benzene rings is 2. The summed E-state index contributed by atoms with van der Waals surface area (Å²) < 4.78 is 4.93. The number of para-hydroxylation sites is 1. The molecule has 0 aromatic heterocycles. The Morgan fingerprint density at radius 1 is 0.833 bits per heavy atom. The summed E-state index contributed by atoms with van der Waals surface area (Å²) in [5, 5.41) is 5.75. The monoisotopic (exact) mass is 428 g/mol. The van der Waals surface area contributed by atoms with Crippen LogP contribution >= 0.6 is 11.8 Å². The summed E-state index contributed by atoms with van der Waals surface area (Å²) in [6.45, 7) is 6.17. The van der Waals surface area contributed by atoms with E-state index in [0.717, 1.165) is 29.7 Å². The van der Waals surface area contributed by atoms with Gasteiger partial charge in [-0.25, -0.2) is 4.79 Å². The quantitative estimate of drug-likeness (QED) is 0.551. The maximum Gasteiger partial charge on any atom is 0.338 e. The molecule has 0 aliphatic rings. The number of esters is 1. The number of amides is 2. The van der Waals surface area contributed by atoms with Crippen molar-refractivity contribution in [2.75, 3.05) is 28.7 Å². The van der Waals surface area contributed by atoms with E-state index in [9.17, 15) is 14.4 Å². The third kappa shape index (κ3) is 6.91. The van der Waals surface area contributed by atoms with E-state index in [2.05, 4.69) is 24.5 Å². The fourth-order valence-corrected chi connectivity index (χ4v) is 3.53. The van der Waals surface area contributed by atoms with Crippen molar-refractivity contribution in [1.82, 2.24) is 0 Å². The van der Waals surface area contributed by atoms with Gasteiger partial charge in [0.2, 0.25) is 11.8 Å². The van der Waals surface area contributed by atoms with Crippen LogP contribution in [0.5, 0.6) is 0 Å². The number of thioether (sulfide) groups is 1. The Balaban J connectivity index is 1.81. The van der Waals surface area contributed by atoms with Gasteiger partial charge in [-0.3, -0.25) is 9.59 Å². The van der Waals surface area contributed by atoms with E-state index in [1.807, 2.05) is 18.2 Å². The zero-order valence-corrected chi connectivity index (χ0v) is 18.4. The molecule has 0 saturated carbocycles. The third-order valence-electron chi connectivity index (χ3n) is 4.41. The lowest BCUT2D eigenvalue weighted by Crippen LogP contribution is -2.19. The highest BCUT2D eigenvalue weighted by atomic mass is 32.2. The van der Waals surface area contributed by atoms with E-state index in [-0.39, 0.29) is 23.3 Å². The van der Waals surface area contributed by atoms with Gasteiger partial charge in [-0.1, -0.05) is 32.0 Å². The van der Waals surface area contributed by atoms with Crippen molar-refractivity contribution in [3.8, 4) is 0 Å². The number of ether oxygens (including phenoxy) is 1. The van der Waals surface area contributed by atoms with E-state index in [0.29, 0.717) is 17.9 Å².